The highest BCUT2D eigenvalue weighted by Crippen LogP contribution is 2.73. The smallest absolute Gasteiger partial charge is 0.462 e. The highest BCUT2D eigenvalue weighted by atomic mass is 16.8. The van der Waals surface area contributed by atoms with Gasteiger partial charge in [0, 0.05) is 43.7 Å². The summed E-state index contributed by atoms with van der Waals surface area (Å²) in [5, 5.41) is 0. The number of nitrogens with zero attached hydrogens (tertiary/aromatic N) is 1. The van der Waals surface area contributed by atoms with E-state index in [1.807, 2.05) is 26.0 Å². The number of hydrogen-bond donors (Lipinski definition) is 0. The summed E-state index contributed by atoms with van der Waals surface area (Å²) in [6.45, 7) is 7.76. The van der Waals surface area contributed by atoms with E-state index >= 15 is 0 Å². The Bertz CT molecular complexity index is 1420. The van der Waals surface area contributed by atoms with Gasteiger partial charge in [0.15, 0.2) is 0 Å². The molecule has 2 aliphatic heterocycles. The highest BCUT2D eigenvalue weighted by Gasteiger charge is 2.86. The van der Waals surface area contributed by atoms with Gasteiger partial charge in [0.05, 0.1) is 25.9 Å². The Balaban J connectivity index is 1.14. The maximum Gasteiger partial charge on any atom is 0.513 e. The Hall–Kier alpha value is -3.92. The summed E-state index contributed by atoms with van der Waals surface area (Å²) in [4.78, 5) is 52.7. The molecule has 4 fully saturated rings. The summed E-state index contributed by atoms with van der Waals surface area (Å²) < 4.78 is 29.6. The van der Waals surface area contributed by atoms with Crippen LogP contribution in [0.3, 0.4) is 0 Å². The van der Waals surface area contributed by atoms with Crippen LogP contribution in [-0.2, 0) is 43.7 Å². The molecule has 2 spiro atoms. The maximum atomic E-state index is 14.5. The monoisotopic (exact) mass is 662 g/mol. The minimum Gasteiger partial charge on any atom is -0.462 e. The Labute approximate surface area is 282 Å². The summed E-state index contributed by atoms with van der Waals surface area (Å²) in [6, 6.07) is 18.6. The number of benzene rings is 2. The van der Waals surface area contributed by atoms with Crippen molar-refractivity contribution in [2.45, 2.75) is 121 Å². The number of fused-ring (bicyclic) bond motifs is 2. The first-order chi connectivity index (χ1) is 23.2. The van der Waals surface area contributed by atoms with Gasteiger partial charge in [0.2, 0.25) is 6.29 Å². The average Bonchev–Trinajstić information content (AvgIpc) is 3.54. The van der Waals surface area contributed by atoms with Crippen molar-refractivity contribution in [3.05, 3.63) is 71.8 Å². The lowest BCUT2D eigenvalue weighted by molar-refractivity contribution is -1.05. The van der Waals surface area contributed by atoms with Gasteiger partial charge >= 0.3 is 24.1 Å². The Morgan fingerprint density at radius 3 is 1.98 bits per heavy atom. The number of piperidine rings is 2. The van der Waals surface area contributed by atoms with Crippen molar-refractivity contribution >= 4 is 24.1 Å². The summed E-state index contributed by atoms with van der Waals surface area (Å²) >= 11 is 0. The van der Waals surface area contributed by atoms with Crippen LogP contribution < -0.4 is 0 Å². The minimum absolute atomic E-state index is 0.0161. The van der Waals surface area contributed by atoms with Crippen molar-refractivity contribution in [1.82, 2.24) is 0 Å². The van der Waals surface area contributed by atoms with Gasteiger partial charge in [-0.2, -0.15) is 0 Å². The lowest BCUT2D eigenvalue weighted by Gasteiger charge is -2.80. The van der Waals surface area contributed by atoms with E-state index in [2.05, 4.69) is 0 Å². The molecule has 2 aromatic carbocycles. The van der Waals surface area contributed by atoms with Gasteiger partial charge in [-0.3, -0.25) is 9.59 Å². The van der Waals surface area contributed by atoms with E-state index in [1.165, 1.54) is 37.3 Å². The van der Waals surface area contributed by atoms with Crippen LogP contribution >= 0.6 is 0 Å². The fourth-order valence-corrected chi connectivity index (χ4v) is 9.12. The molecule has 10 heteroatoms. The second-order valence-electron chi connectivity index (χ2n) is 13.8. The van der Waals surface area contributed by atoms with Gasteiger partial charge in [0.1, 0.15) is 29.7 Å². The molecule has 2 aliphatic carbocycles. The third-order valence-corrected chi connectivity index (χ3v) is 11.4. The molecule has 0 bridgehead atoms. The topological polar surface area (TPSA) is 114 Å². The van der Waals surface area contributed by atoms with Crippen LogP contribution in [0.4, 0.5) is 4.79 Å². The number of carbonyl (C=O) groups is 4. The second kappa shape index (κ2) is 13.9. The zero-order valence-electron chi connectivity index (χ0n) is 28.3. The van der Waals surface area contributed by atoms with Crippen molar-refractivity contribution in [2.24, 2.45) is 5.41 Å². The van der Waals surface area contributed by atoms with Crippen molar-refractivity contribution in [1.29, 1.82) is 0 Å². The largest absolute Gasteiger partial charge is 0.513 e. The van der Waals surface area contributed by atoms with E-state index in [0.29, 0.717) is 29.6 Å². The van der Waals surface area contributed by atoms with E-state index in [9.17, 15) is 19.2 Å². The molecule has 0 amide bonds. The Morgan fingerprint density at radius 2 is 1.46 bits per heavy atom. The van der Waals surface area contributed by atoms with Crippen molar-refractivity contribution in [2.75, 3.05) is 13.1 Å². The van der Waals surface area contributed by atoms with E-state index in [4.69, 9.17) is 23.7 Å². The zero-order valence-corrected chi connectivity index (χ0v) is 28.3. The molecule has 48 heavy (non-hydrogen) atoms. The molecule has 2 aromatic rings. The van der Waals surface area contributed by atoms with Crippen LogP contribution in [0.1, 0.15) is 96.1 Å². The molecule has 10 nitrogen and oxygen atoms in total. The van der Waals surface area contributed by atoms with Crippen LogP contribution in [0.5, 0.6) is 0 Å². The van der Waals surface area contributed by atoms with Gasteiger partial charge in [-0.1, -0.05) is 80.9 Å². The van der Waals surface area contributed by atoms with E-state index in [1.54, 1.807) is 48.5 Å². The van der Waals surface area contributed by atoms with Crippen molar-refractivity contribution in [3.8, 4) is 0 Å². The van der Waals surface area contributed by atoms with E-state index < -0.39 is 36.0 Å². The molecule has 2 saturated carbocycles. The number of quaternary nitrogens is 1. The first-order valence-electron chi connectivity index (χ1n) is 17.7. The highest BCUT2D eigenvalue weighted by molar-refractivity contribution is 5.88. The van der Waals surface area contributed by atoms with Crippen molar-refractivity contribution in [3.63, 3.8) is 0 Å². The Kier molecular flexibility index (Phi) is 9.83. The second-order valence-corrected chi connectivity index (χ2v) is 13.8. The van der Waals surface area contributed by atoms with Crippen LogP contribution in [0.15, 0.2) is 60.7 Å². The molecule has 258 valence electrons. The van der Waals surface area contributed by atoms with E-state index in [-0.39, 0.29) is 30.5 Å². The molecule has 6 rings (SSSR count). The zero-order chi connectivity index (χ0) is 33.9. The number of ether oxygens (including phenoxy) is 5. The van der Waals surface area contributed by atoms with Gasteiger partial charge in [-0.05, 0) is 19.3 Å². The number of rotatable bonds is 14. The third-order valence-electron chi connectivity index (χ3n) is 11.4. The van der Waals surface area contributed by atoms with Gasteiger partial charge in [-0.15, -0.1) is 0 Å². The number of carbonyl (C=O) groups excluding carboxylic acids is 4. The standard InChI is InChI=1S/C38H48NO9/c1-4-14-29(5-2)46-34(41)20-19-33(40)44-26(3)45-36(43)48-38(27-15-8-6-9-16-27,28-17-10-7-11-18-28)35(42)47-32-25-31-37(32)22-21-30(37)39(31)23-12-13-24-39/h6-11,15-18,26,29-32H,4-5,12-14,19-25H2,1-3H3/q+1. The molecular formula is C38H48NO9+. The average molecular weight is 663 g/mol. The van der Waals surface area contributed by atoms with Gasteiger partial charge in [0.25, 0.3) is 5.60 Å². The van der Waals surface area contributed by atoms with Gasteiger partial charge < -0.3 is 28.2 Å². The fraction of sp³-hybridized carbons (Fsp3) is 0.579. The third kappa shape index (κ3) is 5.86. The van der Waals surface area contributed by atoms with Crippen LogP contribution in [0.2, 0.25) is 0 Å². The summed E-state index contributed by atoms with van der Waals surface area (Å²) in [5.74, 6) is -1.91. The quantitative estimate of drug-likeness (QED) is 0.0991. The van der Waals surface area contributed by atoms with Crippen LogP contribution in [-0.4, -0.2) is 72.2 Å². The number of hydrogen-bond acceptors (Lipinski definition) is 9. The predicted octanol–water partition coefficient (Wildman–Crippen LogP) is 6.33. The lowest BCUT2D eigenvalue weighted by Crippen LogP contribution is -2.94. The van der Waals surface area contributed by atoms with Crippen molar-refractivity contribution < 1.29 is 47.3 Å². The fourth-order valence-electron chi connectivity index (χ4n) is 9.12. The first kappa shape index (κ1) is 34.0. The molecule has 4 aliphatic rings. The molecule has 2 heterocycles. The molecule has 6 unspecified atom stereocenters. The molecule has 0 N–H and O–H groups in total. The molecular weight excluding hydrogens is 614 g/mol. The maximum absolute atomic E-state index is 14.5. The summed E-state index contributed by atoms with van der Waals surface area (Å²) in [6.07, 6.45) is 4.49. The number of esters is 3. The summed E-state index contributed by atoms with van der Waals surface area (Å²) in [7, 11) is 0. The van der Waals surface area contributed by atoms with E-state index in [0.717, 1.165) is 32.1 Å². The molecule has 0 radical (unpaired) electrons. The molecule has 6 atom stereocenters. The molecule has 0 aromatic heterocycles. The van der Waals surface area contributed by atoms with Crippen LogP contribution in [0, 0.1) is 5.41 Å². The molecule has 2 saturated heterocycles. The van der Waals surface area contributed by atoms with Crippen LogP contribution in [0.25, 0.3) is 0 Å². The SMILES string of the molecule is CCCC(CC)OC(=O)CCC(=O)OC(C)OC(=O)OC(C(=O)OC1CC2C13CCC3[N+]21CCCC1)(c1ccccc1)c1ccccc1. The first-order valence-corrected chi connectivity index (χ1v) is 17.7. The minimum atomic E-state index is -1.97. The normalized spacial score (nSPS) is 25.9. The lowest BCUT2D eigenvalue weighted by atomic mass is 9.39. The van der Waals surface area contributed by atoms with Gasteiger partial charge in [-0.25, -0.2) is 9.59 Å². The Morgan fingerprint density at radius 1 is 0.854 bits per heavy atom. The predicted molar refractivity (Wildman–Crippen MR) is 174 cm³/mol. The summed E-state index contributed by atoms with van der Waals surface area (Å²) in [5.41, 5.74) is -1.14.